The van der Waals surface area contributed by atoms with Gasteiger partial charge in [-0.15, -0.1) is 0 Å². The predicted molar refractivity (Wildman–Crippen MR) is 144 cm³/mol. The quantitative estimate of drug-likeness (QED) is 0.402. The van der Waals surface area contributed by atoms with Crippen LogP contribution in [-0.4, -0.2) is 63.8 Å². The van der Waals surface area contributed by atoms with Crippen LogP contribution in [0.2, 0.25) is 0 Å². The Balaban J connectivity index is 1.44. The second-order valence-electron chi connectivity index (χ2n) is 9.37. The van der Waals surface area contributed by atoms with E-state index in [0.717, 1.165) is 47.6 Å². The van der Waals surface area contributed by atoms with Crippen molar-refractivity contribution in [2.45, 2.75) is 19.4 Å². The molecule has 4 aromatic rings. The second-order valence-corrected chi connectivity index (χ2v) is 9.37. The van der Waals surface area contributed by atoms with Gasteiger partial charge in [-0.05, 0) is 36.6 Å². The molecule has 2 aromatic carbocycles. The molecule has 0 bridgehead atoms. The van der Waals surface area contributed by atoms with Gasteiger partial charge < -0.3 is 10.1 Å². The average Bonchev–Trinajstić information content (AvgIpc) is 3.42. The normalized spacial score (nSPS) is 15.7. The van der Waals surface area contributed by atoms with Gasteiger partial charge in [0, 0.05) is 51.1 Å². The van der Waals surface area contributed by atoms with Crippen molar-refractivity contribution in [3.8, 4) is 16.9 Å². The molecule has 9 heteroatoms. The zero-order valence-corrected chi connectivity index (χ0v) is 21.5. The zero-order chi connectivity index (χ0) is 25.8. The molecule has 1 aliphatic heterocycles. The molecule has 192 valence electrons. The number of aryl methyl sites for hydroxylation is 1. The monoisotopic (exact) mass is 499 g/mol. The van der Waals surface area contributed by atoms with Crippen LogP contribution >= 0.6 is 0 Å². The predicted octanol–water partition coefficient (Wildman–Crippen LogP) is 3.95. The van der Waals surface area contributed by atoms with Gasteiger partial charge in [0.05, 0.1) is 24.5 Å². The van der Waals surface area contributed by atoms with E-state index in [-0.39, 0.29) is 12.1 Å². The Hall–Kier alpha value is -3.95. The first-order valence-corrected chi connectivity index (χ1v) is 12.5. The van der Waals surface area contributed by atoms with Crippen molar-refractivity contribution in [2.24, 2.45) is 7.05 Å². The first-order chi connectivity index (χ1) is 18.0. The van der Waals surface area contributed by atoms with Crippen molar-refractivity contribution in [3.05, 3.63) is 83.7 Å². The number of nitrogens with zero attached hydrogens (tertiary/aromatic N) is 5. The highest BCUT2D eigenvalue weighted by Gasteiger charge is 2.26. The Morgan fingerprint density at radius 3 is 2.68 bits per heavy atom. The maximum absolute atomic E-state index is 13.5. The van der Waals surface area contributed by atoms with Crippen molar-refractivity contribution in [1.29, 1.82) is 0 Å². The number of hydrogen-bond acceptors (Lipinski definition) is 5. The molecule has 0 radical (unpaired) electrons. The number of hydrogen-bond donors (Lipinski definition) is 2. The van der Waals surface area contributed by atoms with Crippen LogP contribution in [0.15, 0.2) is 67.0 Å². The minimum atomic E-state index is -0.272. The summed E-state index contributed by atoms with van der Waals surface area (Å²) >= 11 is 0. The molecule has 0 fully saturated rings. The number of benzene rings is 2. The molecule has 0 aliphatic carbocycles. The standard InChI is InChI=1S/C28H33N7O2/c1-20-26(22-17-29-33(2)18-22)32-35(23-10-5-4-6-11-23)27(20)31-28(36)30-25-19-34(15-16-37-3)14-13-21-9-7-8-12-24(21)25/h4-12,17-18,25H,13-16,19H2,1-3H3,(H2,30,31,36). The van der Waals surface area contributed by atoms with E-state index in [2.05, 4.69) is 38.8 Å². The number of urea groups is 1. The van der Waals surface area contributed by atoms with Crippen LogP contribution in [-0.2, 0) is 18.2 Å². The highest BCUT2D eigenvalue weighted by atomic mass is 16.5. The molecule has 3 heterocycles. The van der Waals surface area contributed by atoms with Crippen LogP contribution in [0.25, 0.3) is 16.9 Å². The number of aromatic nitrogens is 4. The van der Waals surface area contributed by atoms with Gasteiger partial charge in [-0.1, -0.05) is 42.5 Å². The lowest BCUT2D eigenvalue weighted by molar-refractivity contribution is 0.144. The van der Waals surface area contributed by atoms with Crippen molar-refractivity contribution < 1.29 is 9.53 Å². The molecule has 9 nitrogen and oxygen atoms in total. The maximum Gasteiger partial charge on any atom is 0.320 e. The van der Waals surface area contributed by atoms with Gasteiger partial charge in [-0.3, -0.25) is 14.9 Å². The molecule has 0 saturated carbocycles. The van der Waals surface area contributed by atoms with E-state index in [0.29, 0.717) is 19.0 Å². The Morgan fingerprint density at radius 1 is 1.14 bits per heavy atom. The summed E-state index contributed by atoms with van der Waals surface area (Å²) < 4.78 is 8.84. The summed E-state index contributed by atoms with van der Waals surface area (Å²) in [5.41, 5.74) is 5.82. The van der Waals surface area contributed by atoms with E-state index in [1.165, 1.54) is 5.56 Å². The number of carbonyl (C=O) groups excluding carboxylic acids is 1. The number of anilines is 1. The van der Waals surface area contributed by atoms with E-state index in [1.54, 1.807) is 22.7 Å². The summed E-state index contributed by atoms with van der Waals surface area (Å²) in [6, 6.07) is 17.7. The first-order valence-electron chi connectivity index (χ1n) is 12.5. The van der Waals surface area contributed by atoms with E-state index in [9.17, 15) is 4.79 Å². The largest absolute Gasteiger partial charge is 0.383 e. The van der Waals surface area contributed by atoms with Crippen molar-refractivity contribution in [2.75, 3.05) is 38.7 Å². The fraction of sp³-hybridized carbons (Fsp3) is 0.321. The third kappa shape index (κ3) is 5.42. The smallest absolute Gasteiger partial charge is 0.320 e. The molecule has 1 unspecified atom stereocenters. The van der Waals surface area contributed by atoms with E-state index >= 15 is 0 Å². The van der Waals surface area contributed by atoms with E-state index < -0.39 is 0 Å². The molecular formula is C28H33N7O2. The number of carbonyl (C=O) groups is 1. The molecule has 0 saturated heterocycles. The number of rotatable bonds is 7. The highest BCUT2D eigenvalue weighted by Crippen LogP contribution is 2.30. The highest BCUT2D eigenvalue weighted by molar-refractivity contribution is 5.91. The lowest BCUT2D eigenvalue weighted by atomic mass is 10.00. The van der Waals surface area contributed by atoms with Crippen LogP contribution in [0.1, 0.15) is 22.7 Å². The van der Waals surface area contributed by atoms with Crippen LogP contribution in [0.4, 0.5) is 10.6 Å². The number of amides is 2. The van der Waals surface area contributed by atoms with E-state index in [1.807, 2.05) is 56.6 Å². The van der Waals surface area contributed by atoms with Gasteiger partial charge in [0.2, 0.25) is 0 Å². The van der Waals surface area contributed by atoms with Crippen LogP contribution in [0.5, 0.6) is 0 Å². The van der Waals surface area contributed by atoms with E-state index in [4.69, 9.17) is 9.84 Å². The summed E-state index contributed by atoms with van der Waals surface area (Å²) in [7, 11) is 3.59. The second kappa shape index (κ2) is 11.0. The lowest BCUT2D eigenvalue weighted by Crippen LogP contribution is -2.40. The minimum absolute atomic E-state index is 0.151. The Labute approximate surface area is 217 Å². The van der Waals surface area contributed by atoms with Crippen LogP contribution in [0.3, 0.4) is 0 Å². The average molecular weight is 500 g/mol. The molecule has 2 amide bonds. The van der Waals surface area contributed by atoms with Gasteiger partial charge in [0.1, 0.15) is 11.5 Å². The number of methoxy groups -OCH3 is 1. The van der Waals surface area contributed by atoms with Crippen molar-refractivity contribution in [3.63, 3.8) is 0 Å². The molecule has 37 heavy (non-hydrogen) atoms. The zero-order valence-electron chi connectivity index (χ0n) is 21.5. The van der Waals surface area contributed by atoms with Crippen LogP contribution < -0.4 is 10.6 Å². The van der Waals surface area contributed by atoms with Gasteiger partial charge in [0.15, 0.2) is 0 Å². The Bertz CT molecular complexity index is 1360. The number of fused-ring (bicyclic) bond motifs is 1. The van der Waals surface area contributed by atoms with Gasteiger partial charge in [-0.25, -0.2) is 9.48 Å². The fourth-order valence-corrected chi connectivity index (χ4v) is 4.89. The molecule has 1 atom stereocenters. The molecule has 2 N–H and O–H groups in total. The Morgan fingerprint density at radius 2 is 1.92 bits per heavy atom. The molecule has 0 spiro atoms. The molecule has 2 aromatic heterocycles. The summed E-state index contributed by atoms with van der Waals surface area (Å²) in [6.07, 6.45) is 4.64. The Kier molecular flexibility index (Phi) is 7.34. The lowest BCUT2D eigenvalue weighted by Gasteiger charge is -2.25. The van der Waals surface area contributed by atoms with Crippen molar-refractivity contribution >= 4 is 11.8 Å². The van der Waals surface area contributed by atoms with Gasteiger partial charge >= 0.3 is 6.03 Å². The fourth-order valence-electron chi connectivity index (χ4n) is 4.89. The molecule has 5 rings (SSSR count). The first kappa shape index (κ1) is 24.7. The van der Waals surface area contributed by atoms with Crippen LogP contribution in [0, 0.1) is 6.92 Å². The topological polar surface area (TPSA) is 89.2 Å². The molecular weight excluding hydrogens is 466 g/mol. The summed E-state index contributed by atoms with van der Waals surface area (Å²) in [4.78, 5) is 15.8. The third-order valence-corrected chi connectivity index (χ3v) is 6.82. The number of nitrogens with one attached hydrogen (secondary N) is 2. The van der Waals surface area contributed by atoms with Gasteiger partial charge in [0.25, 0.3) is 0 Å². The number of para-hydroxylation sites is 1. The SMILES string of the molecule is COCCN1CCc2ccccc2C(NC(=O)Nc2c(C)c(-c3cnn(C)c3)nn2-c2ccccc2)C1. The number of ether oxygens (including phenoxy) is 1. The summed E-state index contributed by atoms with van der Waals surface area (Å²) in [6.45, 7) is 5.08. The summed E-state index contributed by atoms with van der Waals surface area (Å²) in [5, 5.41) is 15.5. The molecule has 1 aliphatic rings. The maximum atomic E-state index is 13.5. The van der Waals surface area contributed by atoms with Gasteiger partial charge in [-0.2, -0.15) is 10.2 Å². The summed E-state index contributed by atoms with van der Waals surface area (Å²) in [5.74, 6) is 0.626. The minimum Gasteiger partial charge on any atom is -0.383 e. The van der Waals surface area contributed by atoms with Crippen molar-refractivity contribution in [1.82, 2.24) is 29.8 Å². The third-order valence-electron chi connectivity index (χ3n) is 6.82.